The molecule has 306 valence electrons. The zero-order valence-electron chi connectivity index (χ0n) is 35.6. The van der Waals surface area contributed by atoms with Crippen LogP contribution in [0.2, 0.25) is 0 Å². The van der Waals surface area contributed by atoms with Crippen LogP contribution in [0.4, 0.5) is 0 Å². The summed E-state index contributed by atoms with van der Waals surface area (Å²) in [6.45, 7) is 0. The van der Waals surface area contributed by atoms with Crippen molar-refractivity contribution in [2.75, 3.05) is 0 Å². The third-order valence-corrected chi connectivity index (χ3v) is 14.1. The Morgan fingerprint density at radius 1 is 0.258 bits per heavy atom. The van der Waals surface area contributed by atoms with Gasteiger partial charge in [0.05, 0.1) is 55.5 Å². The van der Waals surface area contributed by atoms with Crippen molar-refractivity contribution in [2.45, 2.75) is 0 Å². The third kappa shape index (κ3) is 4.75. The molecule has 1 aliphatic rings. The first-order chi connectivity index (χ1) is 32.8. The number of para-hydroxylation sites is 7. The summed E-state index contributed by atoms with van der Waals surface area (Å²) in [5, 5.41) is 4.83. The zero-order chi connectivity index (χ0) is 43.0. The summed E-state index contributed by atoms with van der Waals surface area (Å²) >= 11 is 0. The fourth-order valence-corrected chi connectivity index (χ4v) is 11.4. The topological polar surface area (TPSA) is 32.1 Å². The Morgan fingerprint density at radius 3 is 1.15 bits per heavy atom. The van der Waals surface area contributed by atoms with Gasteiger partial charge in [-0.25, -0.2) is 4.98 Å². The Labute approximate surface area is 378 Å². The van der Waals surface area contributed by atoms with Crippen molar-refractivity contribution >= 4 is 71.5 Å². The molecule has 1 aliphatic carbocycles. The average Bonchev–Trinajstić information content (AvgIpc) is 4.11. The molecule has 10 aromatic carbocycles. The van der Waals surface area contributed by atoms with Crippen LogP contribution in [0.5, 0.6) is 0 Å². The van der Waals surface area contributed by atoms with Gasteiger partial charge in [-0.05, 0) is 117 Å². The molecule has 4 heterocycles. The van der Waals surface area contributed by atoms with Gasteiger partial charge in [-0.2, -0.15) is 0 Å². The summed E-state index contributed by atoms with van der Waals surface area (Å²) in [5.74, 6) is 0.899. The normalized spacial score (nSPS) is 12.2. The number of hydrogen-bond acceptors (Lipinski definition) is 1. The average molecular weight is 840 g/mol. The summed E-state index contributed by atoms with van der Waals surface area (Å²) in [6.07, 6.45) is 0. The van der Waals surface area contributed by atoms with Gasteiger partial charge in [0, 0.05) is 27.2 Å². The highest BCUT2D eigenvalue weighted by Crippen LogP contribution is 2.50. The van der Waals surface area contributed by atoms with Gasteiger partial charge in [0.15, 0.2) is 0 Å². The predicted octanol–water partition coefficient (Wildman–Crippen LogP) is 15.6. The van der Waals surface area contributed by atoms with Crippen LogP contribution in [0, 0.1) is 0 Å². The van der Waals surface area contributed by atoms with Gasteiger partial charge in [0.1, 0.15) is 0 Å². The van der Waals surface area contributed by atoms with Crippen LogP contribution < -0.4 is 0 Å². The highest BCUT2D eigenvalue weighted by molar-refractivity contribution is 6.13. The molecular formula is C61H37N5. The summed E-state index contributed by atoms with van der Waals surface area (Å²) in [7, 11) is 0. The number of nitrogens with zero attached hydrogens (tertiary/aromatic N) is 5. The van der Waals surface area contributed by atoms with Crippen LogP contribution in [0.1, 0.15) is 0 Å². The molecule has 0 spiro atoms. The van der Waals surface area contributed by atoms with E-state index in [2.05, 4.69) is 243 Å². The molecule has 0 radical (unpaired) electrons. The lowest BCUT2D eigenvalue weighted by atomic mass is 9.80. The Balaban J connectivity index is 1.09. The first-order valence-corrected chi connectivity index (χ1v) is 22.6. The second-order valence-corrected chi connectivity index (χ2v) is 17.5. The van der Waals surface area contributed by atoms with Crippen molar-refractivity contribution in [3.05, 3.63) is 224 Å². The van der Waals surface area contributed by atoms with Gasteiger partial charge in [0.25, 0.3) is 0 Å². The second-order valence-electron chi connectivity index (χ2n) is 17.5. The molecule has 0 unspecified atom stereocenters. The van der Waals surface area contributed by atoms with Gasteiger partial charge < -0.3 is 9.13 Å². The zero-order valence-corrected chi connectivity index (χ0v) is 35.6. The Bertz CT molecular complexity index is 4310. The van der Waals surface area contributed by atoms with E-state index >= 15 is 0 Å². The maximum atomic E-state index is 5.24. The van der Waals surface area contributed by atoms with Gasteiger partial charge in [-0.15, -0.1) is 0 Å². The smallest absolute Gasteiger partial charge is 0.220 e. The molecule has 14 aromatic rings. The van der Waals surface area contributed by atoms with E-state index in [4.69, 9.17) is 4.98 Å². The van der Waals surface area contributed by atoms with Crippen molar-refractivity contribution in [1.82, 2.24) is 23.1 Å². The van der Waals surface area contributed by atoms with E-state index in [0.29, 0.717) is 0 Å². The number of fused-ring (bicyclic) bond motifs is 19. The van der Waals surface area contributed by atoms with E-state index in [1.165, 1.54) is 77.1 Å². The first kappa shape index (κ1) is 35.5. The second kappa shape index (κ2) is 13.3. The van der Waals surface area contributed by atoms with E-state index in [0.717, 1.165) is 55.9 Å². The molecule has 66 heavy (non-hydrogen) atoms. The van der Waals surface area contributed by atoms with Crippen molar-refractivity contribution < 1.29 is 0 Å². The minimum absolute atomic E-state index is 0.899. The number of rotatable bonds is 3. The lowest BCUT2D eigenvalue weighted by molar-refractivity contribution is 1.09. The number of hydrogen-bond donors (Lipinski definition) is 0. The molecule has 0 saturated heterocycles. The highest BCUT2D eigenvalue weighted by atomic mass is 15.2. The molecule has 0 atom stereocenters. The molecule has 0 amide bonds. The summed E-state index contributed by atoms with van der Waals surface area (Å²) in [6, 6.07) is 82.4. The molecule has 15 rings (SSSR count). The van der Waals surface area contributed by atoms with Crippen LogP contribution >= 0.6 is 0 Å². The predicted molar refractivity (Wildman–Crippen MR) is 274 cm³/mol. The molecule has 0 aliphatic heterocycles. The summed E-state index contributed by atoms with van der Waals surface area (Å²) < 4.78 is 9.63. The summed E-state index contributed by atoms with van der Waals surface area (Å²) in [5.41, 5.74) is 22.0. The Morgan fingerprint density at radius 2 is 0.636 bits per heavy atom. The van der Waals surface area contributed by atoms with Crippen LogP contribution in [0.3, 0.4) is 0 Å². The quantitative estimate of drug-likeness (QED) is 0.174. The standard InChI is InChI=1S/C61H37N5/c1-2-18-40-39(17-1)41-19-3-5-21-43(41)48-36-59(64-52-27-11-7-23-45(52)46-24-8-12-28-53(46)64)60(37-49(48)44-22-6-4-20-42(40)44)65-54-29-13-9-25-47(54)50-35-38(33-34-55(50)65)63-57-31-15-16-32-58(57)66-56-30-14-10-26-51(56)62-61(63)66/h1-37H. The largest absolute Gasteiger partial charge is 0.307 e. The van der Waals surface area contributed by atoms with E-state index < -0.39 is 0 Å². The van der Waals surface area contributed by atoms with Crippen molar-refractivity contribution in [2.24, 2.45) is 0 Å². The fraction of sp³-hybridized carbons (Fsp3) is 0. The molecule has 0 saturated carbocycles. The first-order valence-electron chi connectivity index (χ1n) is 22.6. The number of imidazole rings is 2. The van der Waals surface area contributed by atoms with E-state index in [9.17, 15) is 0 Å². The van der Waals surface area contributed by atoms with Crippen molar-refractivity contribution in [3.63, 3.8) is 0 Å². The van der Waals surface area contributed by atoms with Gasteiger partial charge >= 0.3 is 0 Å². The lowest BCUT2D eigenvalue weighted by Gasteiger charge is -2.26. The lowest BCUT2D eigenvalue weighted by Crippen LogP contribution is -2.06. The van der Waals surface area contributed by atoms with Crippen molar-refractivity contribution in [1.29, 1.82) is 0 Å². The molecule has 0 bridgehead atoms. The van der Waals surface area contributed by atoms with Gasteiger partial charge in [0.2, 0.25) is 5.78 Å². The van der Waals surface area contributed by atoms with Crippen LogP contribution in [0.15, 0.2) is 224 Å². The Kier molecular flexibility index (Phi) is 7.16. The molecule has 5 heteroatoms. The maximum Gasteiger partial charge on any atom is 0.220 e. The SMILES string of the molecule is c1ccc2c(c1)-c1ccccc1-c1cc(-n3c4ccccc4c4ccccc43)c(-n3c4ccccc4c4cc(-n5c6ccccc6n6c7ccccc7nc56)ccc43)cc1-c1ccccc1-2. The maximum absolute atomic E-state index is 5.24. The highest BCUT2D eigenvalue weighted by Gasteiger charge is 2.27. The third-order valence-electron chi connectivity index (χ3n) is 14.1. The Hall–Kier alpha value is -8.93. The molecule has 5 nitrogen and oxygen atoms in total. The van der Waals surface area contributed by atoms with E-state index in [1.54, 1.807) is 0 Å². The molecule has 4 aromatic heterocycles. The van der Waals surface area contributed by atoms with Crippen LogP contribution in [-0.4, -0.2) is 23.1 Å². The van der Waals surface area contributed by atoms with Crippen LogP contribution in [0.25, 0.3) is 133 Å². The molecule has 0 N–H and O–H groups in total. The van der Waals surface area contributed by atoms with Crippen LogP contribution in [-0.2, 0) is 0 Å². The minimum atomic E-state index is 0.899. The number of aromatic nitrogens is 5. The summed E-state index contributed by atoms with van der Waals surface area (Å²) in [4.78, 5) is 5.24. The minimum Gasteiger partial charge on any atom is -0.307 e. The molecular weight excluding hydrogens is 803 g/mol. The van der Waals surface area contributed by atoms with Crippen molar-refractivity contribution in [3.8, 4) is 61.6 Å². The number of benzene rings is 10. The van der Waals surface area contributed by atoms with Gasteiger partial charge in [-0.3, -0.25) is 8.97 Å². The van der Waals surface area contributed by atoms with Gasteiger partial charge in [-0.1, -0.05) is 152 Å². The van der Waals surface area contributed by atoms with E-state index in [1.807, 2.05) is 0 Å². The van der Waals surface area contributed by atoms with E-state index in [-0.39, 0.29) is 0 Å². The fourth-order valence-electron chi connectivity index (χ4n) is 11.4. The molecule has 0 fully saturated rings. The monoisotopic (exact) mass is 839 g/mol.